The molecule has 20 heavy (non-hydrogen) atoms. The maximum atomic E-state index is 11.7. The lowest BCUT2D eigenvalue weighted by atomic mass is 9.94. The molecule has 3 atom stereocenters. The summed E-state index contributed by atoms with van der Waals surface area (Å²) in [7, 11) is 1.63. The Morgan fingerprint density at radius 3 is 2.70 bits per heavy atom. The van der Waals surface area contributed by atoms with E-state index in [1.807, 2.05) is 19.9 Å². The first kappa shape index (κ1) is 17.1. The van der Waals surface area contributed by atoms with Crippen molar-refractivity contribution in [1.82, 2.24) is 0 Å². The van der Waals surface area contributed by atoms with Crippen LogP contribution in [0.3, 0.4) is 0 Å². The average Bonchev–Trinajstić information content (AvgIpc) is 2.43. The molecule has 0 aromatic heterocycles. The molecule has 0 fully saturated rings. The summed E-state index contributed by atoms with van der Waals surface area (Å²) in [5, 5.41) is 10.3. The molecular formula is C17H28O3. The monoisotopic (exact) mass is 280 g/mol. The van der Waals surface area contributed by atoms with Gasteiger partial charge < -0.3 is 9.84 Å². The van der Waals surface area contributed by atoms with Gasteiger partial charge in [-0.1, -0.05) is 30.7 Å². The summed E-state index contributed by atoms with van der Waals surface area (Å²) in [4.78, 5) is 11.7. The molecule has 0 saturated carbocycles. The number of hydrogen-bond acceptors (Lipinski definition) is 3. The third kappa shape index (κ3) is 6.02. The molecule has 0 amide bonds. The average molecular weight is 280 g/mol. The second-order valence-electron chi connectivity index (χ2n) is 5.78. The minimum Gasteiger partial charge on any atom is -0.389 e. The fourth-order valence-corrected chi connectivity index (χ4v) is 2.54. The van der Waals surface area contributed by atoms with Gasteiger partial charge in [0, 0.05) is 25.9 Å². The van der Waals surface area contributed by atoms with Crippen LogP contribution >= 0.6 is 0 Å². The SMILES string of the molecule is COC1/C=C/CCCCC(=O)CC/C(C)=C\C(C)[C@@H]1O. The highest BCUT2D eigenvalue weighted by molar-refractivity contribution is 5.78. The van der Waals surface area contributed by atoms with Gasteiger partial charge in [0.1, 0.15) is 11.9 Å². The fraction of sp³-hybridized carbons (Fsp3) is 0.706. The lowest BCUT2D eigenvalue weighted by Crippen LogP contribution is -2.31. The quantitative estimate of drug-likeness (QED) is 0.749. The molecule has 2 unspecified atom stereocenters. The smallest absolute Gasteiger partial charge is 0.133 e. The molecule has 0 aromatic rings. The molecule has 1 N–H and O–H groups in total. The van der Waals surface area contributed by atoms with E-state index in [-0.39, 0.29) is 12.0 Å². The Bertz CT molecular complexity index is 357. The highest BCUT2D eigenvalue weighted by Crippen LogP contribution is 2.18. The molecular weight excluding hydrogens is 252 g/mol. The Kier molecular flexibility index (Phi) is 7.78. The van der Waals surface area contributed by atoms with E-state index < -0.39 is 6.10 Å². The molecule has 0 heterocycles. The Balaban J connectivity index is 2.78. The van der Waals surface area contributed by atoms with Gasteiger partial charge in [-0.25, -0.2) is 0 Å². The molecule has 114 valence electrons. The number of aliphatic hydroxyl groups is 1. The zero-order valence-electron chi connectivity index (χ0n) is 13.0. The van der Waals surface area contributed by atoms with E-state index in [2.05, 4.69) is 12.2 Å². The van der Waals surface area contributed by atoms with Crippen LogP contribution in [0.2, 0.25) is 0 Å². The van der Waals surface area contributed by atoms with Gasteiger partial charge in [0.05, 0.1) is 6.10 Å². The Morgan fingerprint density at radius 1 is 1.25 bits per heavy atom. The third-order valence-corrected chi connectivity index (χ3v) is 3.90. The zero-order valence-corrected chi connectivity index (χ0v) is 13.0. The molecule has 0 bridgehead atoms. The molecule has 1 aliphatic rings. The minimum atomic E-state index is -0.551. The summed E-state index contributed by atoms with van der Waals surface area (Å²) in [5.41, 5.74) is 1.17. The Hall–Kier alpha value is -0.930. The van der Waals surface area contributed by atoms with E-state index in [0.717, 1.165) is 25.7 Å². The predicted octanol–water partition coefficient (Wildman–Crippen LogP) is 3.42. The first-order valence-electron chi connectivity index (χ1n) is 7.61. The Morgan fingerprint density at radius 2 is 2.00 bits per heavy atom. The van der Waals surface area contributed by atoms with Crippen LogP contribution in [0.25, 0.3) is 0 Å². The van der Waals surface area contributed by atoms with Crippen LogP contribution < -0.4 is 0 Å². The van der Waals surface area contributed by atoms with E-state index >= 15 is 0 Å². The maximum Gasteiger partial charge on any atom is 0.133 e. The highest BCUT2D eigenvalue weighted by Gasteiger charge is 2.21. The second kappa shape index (κ2) is 9.09. The topological polar surface area (TPSA) is 46.5 Å². The molecule has 0 aliphatic heterocycles. The van der Waals surface area contributed by atoms with Crippen molar-refractivity contribution in [2.75, 3.05) is 7.11 Å². The molecule has 1 aliphatic carbocycles. The van der Waals surface area contributed by atoms with Gasteiger partial charge in [0.15, 0.2) is 0 Å². The van der Waals surface area contributed by atoms with Crippen molar-refractivity contribution in [3.63, 3.8) is 0 Å². The molecule has 0 radical (unpaired) electrons. The lowest BCUT2D eigenvalue weighted by molar-refractivity contribution is -0.119. The van der Waals surface area contributed by atoms with E-state index in [1.54, 1.807) is 7.11 Å². The van der Waals surface area contributed by atoms with Crippen molar-refractivity contribution in [2.24, 2.45) is 5.92 Å². The van der Waals surface area contributed by atoms with Crippen LogP contribution in [0.5, 0.6) is 0 Å². The van der Waals surface area contributed by atoms with Gasteiger partial charge in [-0.05, 0) is 32.6 Å². The van der Waals surface area contributed by atoms with E-state index in [4.69, 9.17) is 4.74 Å². The summed E-state index contributed by atoms with van der Waals surface area (Å²) in [6.45, 7) is 4.02. The summed E-state index contributed by atoms with van der Waals surface area (Å²) in [5.74, 6) is 0.365. The number of methoxy groups -OCH3 is 1. The van der Waals surface area contributed by atoms with Crippen molar-refractivity contribution in [2.45, 2.75) is 64.6 Å². The molecule has 0 saturated heterocycles. The number of allylic oxidation sites excluding steroid dienone is 2. The molecule has 0 aromatic carbocycles. The Labute approximate surface area is 122 Å². The molecule has 0 spiro atoms. The van der Waals surface area contributed by atoms with Crippen LogP contribution in [0.15, 0.2) is 23.8 Å². The number of aliphatic hydroxyl groups excluding tert-OH is 1. The summed E-state index contributed by atoms with van der Waals surface area (Å²) >= 11 is 0. The van der Waals surface area contributed by atoms with Gasteiger partial charge in [-0.15, -0.1) is 0 Å². The first-order chi connectivity index (χ1) is 9.54. The normalized spacial score (nSPS) is 34.9. The number of Topliss-reactive ketones (excluding diaryl/α,β-unsaturated/α-hetero) is 1. The van der Waals surface area contributed by atoms with Crippen molar-refractivity contribution >= 4 is 5.78 Å². The zero-order chi connectivity index (χ0) is 15.0. The van der Waals surface area contributed by atoms with E-state index in [0.29, 0.717) is 18.6 Å². The lowest BCUT2D eigenvalue weighted by Gasteiger charge is -2.23. The van der Waals surface area contributed by atoms with Crippen molar-refractivity contribution in [1.29, 1.82) is 0 Å². The van der Waals surface area contributed by atoms with Gasteiger partial charge in [-0.3, -0.25) is 4.79 Å². The van der Waals surface area contributed by atoms with Gasteiger partial charge in [0.25, 0.3) is 0 Å². The maximum absolute atomic E-state index is 11.7. The van der Waals surface area contributed by atoms with Crippen molar-refractivity contribution < 1.29 is 14.6 Å². The van der Waals surface area contributed by atoms with Crippen LogP contribution in [0.4, 0.5) is 0 Å². The van der Waals surface area contributed by atoms with Crippen molar-refractivity contribution in [3.8, 4) is 0 Å². The number of carbonyl (C=O) groups excluding carboxylic acids is 1. The molecule has 1 rings (SSSR count). The van der Waals surface area contributed by atoms with Gasteiger partial charge in [0.2, 0.25) is 0 Å². The van der Waals surface area contributed by atoms with Gasteiger partial charge in [-0.2, -0.15) is 0 Å². The van der Waals surface area contributed by atoms with Crippen LogP contribution in [-0.4, -0.2) is 30.2 Å². The number of ether oxygens (including phenoxy) is 1. The highest BCUT2D eigenvalue weighted by atomic mass is 16.5. The number of ketones is 1. The third-order valence-electron chi connectivity index (χ3n) is 3.90. The summed E-state index contributed by atoms with van der Waals surface area (Å²) in [6.07, 6.45) is 10.2. The second-order valence-corrected chi connectivity index (χ2v) is 5.78. The molecule has 3 nitrogen and oxygen atoms in total. The first-order valence-corrected chi connectivity index (χ1v) is 7.61. The molecule has 3 heteroatoms. The number of rotatable bonds is 1. The fourth-order valence-electron chi connectivity index (χ4n) is 2.54. The van der Waals surface area contributed by atoms with Crippen LogP contribution in [-0.2, 0) is 9.53 Å². The van der Waals surface area contributed by atoms with E-state index in [9.17, 15) is 9.90 Å². The summed E-state index contributed by atoms with van der Waals surface area (Å²) < 4.78 is 5.37. The van der Waals surface area contributed by atoms with Crippen molar-refractivity contribution in [3.05, 3.63) is 23.8 Å². The summed E-state index contributed by atoms with van der Waals surface area (Å²) in [6, 6.07) is 0. The standard InChI is InChI=1S/C17H28O3/c1-13-10-11-15(18)8-6-4-5-7-9-16(20-3)17(19)14(2)12-13/h7,9,12,14,16-17,19H,4-6,8,10-11H2,1-3H3/b9-7+,13-12-/t14?,16?,17-/m0/s1. The number of hydrogen-bond donors (Lipinski definition) is 1. The minimum absolute atomic E-state index is 0.0163. The van der Waals surface area contributed by atoms with E-state index in [1.165, 1.54) is 5.57 Å². The van der Waals surface area contributed by atoms with Crippen LogP contribution in [0.1, 0.15) is 52.4 Å². The van der Waals surface area contributed by atoms with Gasteiger partial charge >= 0.3 is 0 Å². The predicted molar refractivity (Wildman–Crippen MR) is 81.6 cm³/mol. The number of carbonyl (C=O) groups is 1. The van der Waals surface area contributed by atoms with Crippen LogP contribution in [0, 0.1) is 5.92 Å². The largest absolute Gasteiger partial charge is 0.389 e.